The Bertz CT molecular complexity index is 797. The van der Waals surface area contributed by atoms with Crippen molar-refractivity contribution in [2.24, 2.45) is 5.92 Å². The maximum absolute atomic E-state index is 13.0. The predicted octanol–water partition coefficient (Wildman–Crippen LogP) is 0.492. The maximum atomic E-state index is 13.0. The quantitative estimate of drug-likeness (QED) is 0.798. The molecule has 1 aromatic rings. The van der Waals surface area contributed by atoms with Gasteiger partial charge in [0.05, 0.1) is 19.3 Å². The molecule has 0 unspecified atom stereocenters. The van der Waals surface area contributed by atoms with Gasteiger partial charge >= 0.3 is 0 Å². The third-order valence-corrected chi connectivity index (χ3v) is 6.93. The van der Waals surface area contributed by atoms with Crippen LogP contribution in [0.2, 0.25) is 0 Å². The molecule has 0 spiro atoms. The third kappa shape index (κ3) is 3.40. The number of aromatic nitrogens is 1. The molecule has 5 rings (SSSR count). The van der Waals surface area contributed by atoms with Crippen molar-refractivity contribution in [2.75, 3.05) is 52.5 Å². The molecule has 1 aromatic heterocycles. The van der Waals surface area contributed by atoms with E-state index in [9.17, 15) is 9.59 Å². The smallest absolute Gasteiger partial charge is 0.263 e. The molecule has 1 amide bonds. The lowest BCUT2D eigenvalue weighted by molar-refractivity contribution is -0.0827. The molecule has 0 radical (unpaired) electrons. The SMILES string of the molecule is O=C(NCCN1CCCC1)c1ccc2n(c1=O)C[C@H]1C[C@@H]2CN(C2COC2)C1. The molecule has 7 heteroatoms. The Balaban J connectivity index is 1.28. The summed E-state index contributed by atoms with van der Waals surface area (Å²) in [6.07, 6.45) is 3.63. The molecule has 0 aliphatic carbocycles. The monoisotopic (exact) mass is 386 g/mol. The Morgan fingerprint density at radius 1 is 1.14 bits per heavy atom. The molecule has 0 aromatic carbocycles. The molecule has 4 aliphatic rings. The number of ether oxygens (including phenoxy) is 1. The van der Waals surface area contributed by atoms with E-state index in [0.29, 0.717) is 24.4 Å². The first-order valence-electron chi connectivity index (χ1n) is 10.7. The Morgan fingerprint density at radius 3 is 2.71 bits per heavy atom. The largest absolute Gasteiger partial charge is 0.378 e. The minimum atomic E-state index is -0.233. The summed E-state index contributed by atoms with van der Waals surface area (Å²) in [6, 6.07) is 4.30. The van der Waals surface area contributed by atoms with Crippen molar-refractivity contribution in [3.8, 4) is 0 Å². The van der Waals surface area contributed by atoms with Gasteiger partial charge in [-0.2, -0.15) is 0 Å². The normalized spacial score (nSPS) is 28.0. The number of fused-ring (bicyclic) bond motifs is 4. The van der Waals surface area contributed by atoms with Crippen molar-refractivity contribution < 1.29 is 9.53 Å². The third-order valence-electron chi connectivity index (χ3n) is 6.93. The van der Waals surface area contributed by atoms with Gasteiger partial charge in [-0.05, 0) is 50.4 Å². The number of pyridine rings is 1. The molecule has 4 aliphatic heterocycles. The molecule has 3 saturated heterocycles. The molecular weight excluding hydrogens is 356 g/mol. The van der Waals surface area contributed by atoms with E-state index in [-0.39, 0.29) is 17.0 Å². The van der Waals surface area contributed by atoms with Gasteiger partial charge in [0.2, 0.25) is 0 Å². The van der Waals surface area contributed by atoms with Crippen molar-refractivity contribution in [1.29, 1.82) is 0 Å². The van der Waals surface area contributed by atoms with Crippen LogP contribution in [-0.2, 0) is 11.3 Å². The lowest BCUT2D eigenvalue weighted by Gasteiger charge is -2.47. The number of hydrogen-bond donors (Lipinski definition) is 1. The molecule has 7 nitrogen and oxygen atoms in total. The van der Waals surface area contributed by atoms with Crippen molar-refractivity contribution in [3.05, 3.63) is 33.7 Å². The summed E-state index contributed by atoms with van der Waals surface area (Å²) < 4.78 is 7.24. The average Bonchev–Trinajstić information content (AvgIpc) is 3.14. The number of piperidine rings is 1. The summed E-state index contributed by atoms with van der Waals surface area (Å²) >= 11 is 0. The Kier molecular flexibility index (Phi) is 4.99. The Hall–Kier alpha value is -1.70. The fourth-order valence-corrected chi connectivity index (χ4v) is 5.32. The number of rotatable bonds is 5. The lowest BCUT2D eigenvalue weighted by atomic mass is 9.82. The van der Waals surface area contributed by atoms with Gasteiger partial charge in [-0.15, -0.1) is 0 Å². The fraction of sp³-hybridized carbons (Fsp3) is 0.714. The topological polar surface area (TPSA) is 66.8 Å². The zero-order valence-electron chi connectivity index (χ0n) is 16.4. The van der Waals surface area contributed by atoms with Gasteiger partial charge in [-0.3, -0.25) is 14.5 Å². The highest BCUT2D eigenvalue weighted by atomic mass is 16.5. The van der Waals surface area contributed by atoms with Crippen LogP contribution in [-0.4, -0.2) is 78.8 Å². The van der Waals surface area contributed by atoms with Crippen molar-refractivity contribution >= 4 is 5.91 Å². The number of carbonyl (C=O) groups is 1. The van der Waals surface area contributed by atoms with E-state index in [1.807, 2.05) is 10.6 Å². The first kappa shape index (κ1) is 18.3. The Morgan fingerprint density at radius 2 is 1.96 bits per heavy atom. The second kappa shape index (κ2) is 7.61. The molecule has 5 heterocycles. The number of amides is 1. The van der Waals surface area contributed by atoms with Crippen LogP contribution in [0.5, 0.6) is 0 Å². The summed E-state index contributed by atoms with van der Waals surface area (Å²) in [5, 5.41) is 2.95. The van der Waals surface area contributed by atoms with Gasteiger partial charge in [0.15, 0.2) is 0 Å². The van der Waals surface area contributed by atoms with Gasteiger partial charge in [-0.25, -0.2) is 0 Å². The van der Waals surface area contributed by atoms with E-state index in [4.69, 9.17) is 4.74 Å². The molecular formula is C21H30N4O3. The lowest BCUT2D eigenvalue weighted by Crippen LogP contribution is -2.56. The van der Waals surface area contributed by atoms with Gasteiger partial charge in [-0.1, -0.05) is 0 Å². The number of carbonyl (C=O) groups excluding carboxylic acids is 1. The first-order chi connectivity index (χ1) is 13.7. The van der Waals surface area contributed by atoms with Gasteiger partial charge < -0.3 is 19.5 Å². The van der Waals surface area contributed by atoms with Crippen molar-refractivity contribution in [1.82, 2.24) is 19.7 Å². The van der Waals surface area contributed by atoms with Crippen LogP contribution >= 0.6 is 0 Å². The van der Waals surface area contributed by atoms with Crippen LogP contribution in [0.25, 0.3) is 0 Å². The summed E-state index contributed by atoms with van der Waals surface area (Å²) in [5.41, 5.74) is 1.26. The van der Waals surface area contributed by atoms with Crippen LogP contribution in [0.4, 0.5) is 0 Å². The van der Waals surface area contributed by atoms with Crippen LogP contribution < -0.4 is 10.9 Å². The minimum Gasteiger partial charge on any atom is -0.378 e. The highest BCUT2D eigenvalue weighted by Crippen LogP contribution is 2.36. The maximum Gasteiger partial charge on any atom is 0.263 e. The Labute approximate surface area is 165 Å². The first-order valence-corrected chi connectivity index (χ1v) is 10.7. The van der Waals surface area contributed by atoms with Crippen LogP contribution in [0.3, 0.4) is 0 Å². The highest BCUT2D eigenvalue weighted by Gasteiger charge is 2.39. The van der Waals surface area contributed by atoms with E-state index in [1.54, 1.807) is 6.07 Å². The number of hydrogen-bond acceptors (Lipinski definition) is 5. The molecule has 2 bridgehead atoms. The minimum absolute atomic E-state index is 0.119. The molecule has 28 heavy (non-hydrogen) atoms. The average molecular weight is 386 g/mol. The predicted molar refractivity (Wildman–Crippen MR) is 106 cm³/mol. The van der Waals surface area contributed by atoms with E-state index >= 15 is 0 Å². The summed E-state index contributed by atoms with van der Waals surface area (Å²) in [7, 11) is 0. The van der Waals surface area contributed by atoms with Gasteiger partial charge in [0, 0.05) is 44.3 Å². The van der Waals surface area contributed by atoms with Crippen LogP contribution in [0.1, 0.15) is 41.2 Å². The zero-order chi connectivity index (χ0) is 19.1. The summed E-state index contributed by atoms with van der Waals surface area (Å²) in [4.78, 5) is 30.5. The second-order valence-electron chi connectivity index (χ2n) is 8.84. The zero-order valence-corrected chi connectivity index (χ0v) is 16.4. The molecule has 152 valence electrons. The summed E-state index contributed by atoms with van der Waals surface area (Å²) in [5.74, 6) is 0.634. The van der Waals surface area contributed by atoms with E-state index in [1.165, 1.54) is 12.8 Å². The molecule has 0 saturated carbocycles. The van der Waals surface area contributed by atoms with Crippen molar-refractivity contribution in [2.45, 2.75) is 37.8 Å². The van der Waals surface area contributed by atoms with Gasteiger partial charge in [0.25, 0.3) is 11.5 Å². The van der Waals surface area contributed by atoms with Crippen LogP contribution in [0.15, 0.2) is 16.9 Å². The second-order valence-corrected chi connectivity index (χ2v) is 8.84. The summed E-state index contributed by atoms with van der Waals surface area (Å²) in [6.45, 7) is 8.12. The molecule has 3 fully saturated rings. The van der Waals surface area contributed by atoms with Crippen molar-refractivity contribution in [3.63, 3.8) is 0 Å². The van der Waals surface area contributed by atoms with Crippen LogP contribution in [0, 0.1) is 5.92 Å². The van der Waals surface area contributed by atoms with Gasteiger partial charge in [0.1, 0.15) is 5.56 Å². The number of nitrogens with one attached hydrogen (secondary N) is 1. The number of likely N-dealkylation sites (tertiary alicyclic amines) is 2. The van der Waals surface area contributed by atoms with E-state index in [2.05, 4.69) is 15.1 Å². The molecule has 2 atom stereocenters. The molecule has 1 N–H and O–H groups in total. The highest BCUT2D eigenvalue weighted by molar-refractivity contribution is 5.93. The van der Waals surface area contributed by atoms with E-state index < -0.39 is 0 Å². The fourth-order valence-electron chi connectivity index (χ4n) is 5.32. The number of nitrogens with zero attached hydrogens (tertiary/aromatic N) is 3. The standard InChI is InChI=1S/C21H30N4O3/c26-20(22-5-8-23-6-1-2-7-23)18-3-4-19-16-9-15(11-25(19)21(18)27)10-24(12-16)17-13-28-14-17/h3-4,15-17H,1-2,5-14H2,(H,22,26)/t15-,16+/m0/s1. The van der Waals surface area contributed by atoms with E-state index in [0.717, 1.165) is 64.6 Å².